The Morgan fingerprint density at radius 3 is 2.41 bits per heavy atom. The van der Waals surface area contributed by atoms with E-state index in [0.717, 1.165) is 34.0 Å². The highest BCUT2D eigenvalue weighted by molar-refractivity contribution is 8.03. The molecular formula is C23H18N4O9S3. The molecule has 6 rings (SSSR count). The van der Waals surface area contributed by atoms with Crippen molar-refractivity contribution < 1.29 is 44.4 Å². The number of allylic oxidation sites excluding steroid dienone is 2. The molecule has 16 heteroatoms. The Labute approximate surface area is 232 Å². The molecule has 4 aliphatic rings. The molecule has 0 bridgehead atoms. The summed E-state index contributed by atoms with van der Waals surface area (Å²) in [7, 11) is 0. The number of hydrogen-bond donors (Lipinski definition) is 4. The van der Waals surface area contributed by atoms with Crippen LogP contribution in [0.2, 0.25) is 0 Å². The zero-order valence-corrected chi connectivity index (χ0v) is 22.1. The fourth-order valence-electron chi connectivity index (χ4n) is 4.39. The lowest BCUT2D eigenvalue weighted by atomic mass is 10.1. The molecule has 13 nitrogen and oxygen atoms in total. The maximum absolute atomic E-state index is 13.4. The highest BCUT2D eigenvalue weighted by atomic mass is 32.2. The second-order valence-corrected chi connectivity index (χ2v) is 11.5. The first-order valence-corrected chi connectivity index (χ1v) is 13.5. The van der Waals surface area contributed by atoms with Gasteiger partial charge >= 0.3 is 11.9 Å². The van der Waals surface area contributed by atoms with Crippen molar-refractivity contribution in [1.82, 2.24) is 9.63 Å². The van der Waals surface area contributed by atoms with Crippen LogP contribution in [-0.4, -0.2) is 73.7 Å². The van der Waals surface area contributed by atoms with Crippen molar-refractivity contribution >= 4 is 64.7 Å². The number of anilines is 1. The predicted octanol–water partition coefficient (Wildman–Crippen LogP) is 2.83. The number of nitrogens with zero attached hydrogens (tertiary/aromatic N) is 4. The molecule has 1 amide bonds. The lowest BCUT2D eigenvalue weighted by molar-refractivity contribution is -0.140. The van der Waals surface area contributed by atoms with E-state index in [1.54, 1.807) is 17.0 Å². The predicted molar refractivity (Wildman–Crippen MR) is 139 cm³/mol. The van der Waals surface area contributed by atoms with Gasteiger partial charge in [-0.15, -0.1) is 4.73 Å². The van der Waals surface area contributed by atoms with Gasteiger partial charge in [-0.3, -0.25) is 19.3 Å². The van der Waals surface area contributed by atoms with Crippen molar-refractivity contribution in [3.05, 3.63) is 43.3 Å². The normalized spacial score (nSPS) is 20.1. The number of carboxylic acid groups (broad SMARTS) is 2. The van der Waals surface area contributed by atoms with Gasteiger partial charge in [-0.1, -0.05) is 23.1 Å². The number of aromatic nitrogens is 1. The standard InChI is InChI=1S/C23H18N4O9S3/c28-16(29)6-25-12-4-13-14(36-8-35-13)5-15(12)38-22(25)10(9-1-2-9)3-11-20(32)26(7-17(30)31)19(24-11)18-21(33)27(34)23(37)39-18/h3-5,9,33-34H,1-2,6-8H2,(H,28,29)(H,30,31)/b11-3+,22-10-. The molecule has 0 unspecified atom stereocenters. The minimum Gasteiger partial charge on any atom is -0.491 e. The van der Waals surface area contributed by atoms with Crippen LogP contribution in [0.4, 0.5) is 5.69 Å². The van der Waals surface area contributed by atoms with Gasteiger partial charge in [0, 0.05) is 17.0 Å². The summed E-state index contributed by atoms with van der Waals surface area (Å²) in [6.07, 6.45) is 3.16. The van der Waals surface area contributed by atoms with Gasteiger partial charge in [-0.05, 0) is 42.6 Å². The number of rotatable bonds is 7. The number of aromatic hydroxyl groups is 1. The number of benzene rings is 1. The average Bonchev–Trinajstić information content (AvgIpc) is 3.33. The zero-order valence-electron chi connectivity index (χ0n) is 19.7. The van der Waals surface area contributed by atoms with Crippen LogP contribution >= 0.6 is 35.3 Å². The van der Waals surface area contributed by atoms with Crippen LogP contribution in [0.3, 0.4) is 0 Å². The molecular weight excluding hydrogens is 572 g/mol. The molecule has 1 fully saturated rings. The van der Waals surface area contributed by atoms with Crippen LogP contribution in [0.1, 0.15) is 17.7 Å². The molecule has 39 heavy (non-hydrogen) atoms. The summed E-state index contributed by atoms with van der Waals surface area (Å²) < 4.78 is 11.2. The number of carboxylic acids is 2. The second-order valence-electron chi connectivity index (χ2n) is 8.87. The number of thioether (sulfide) groups is 1. The van der Waals surface area contributed by atoms with Crippen LogP contribution in [0, 0.1) is 9.87 Å². The summed E-state index contributed by atoms with van der Waals surface area (Å²) in [5.74, 6) is -2.84. The molecule has 4 N–H and O–H groups in total. The minimum atomic E-state index is -1.31. The molecule has 1 saturated carbocycles. The van der Waals surface area contributed by atoms with E-state index >= 15 is 0 Å². The lowest BCUT2D eigenvalue weighted by Crippen LogP contribution is -2.36. The lowest BCUT2D eigenvalue weighted by Gasteiger charge is -2.21. The number of ether oxygens (including phenoxy) is 2. The highest BCUT2D eigenvalue weighted by Crippen LogP contribution is 2.55. The van der Waals surface area contributed by atoms with E-state index in [0.29, 0.717) is 32.5 Å². The Kier molecular flexibility index (Phi) is 6.04. The number of fused-ring (bicyclic) bond motifs is 2. The second kappa shape index (κ2) is 9.32. The van der Waals surface area contributed by atoms with E-state index in [1.165, 1.54) is 17.8 Å². The number of amides is 1. The molecule has 1 aromatic heterocycles. The van der Waals surface area contributed by atoms with Crippen LogP contribution in [0.15, 0.2) is 44.4 Å². The molecule has 0 spiro atoms. The Bertz CT molecular complexity index is 1620. The van der Waals surface area contributed by atoms with Gasteiger partial charge in [0.15, 0.2) is 17.3 Å². The fourth-order valence-corrected chi connectivity index (χ4v) is 6.76. The molecule has 1 aliphatic carbocycles. The van der Waals surface area contributed by atoms with E-state index in [2.05, 4.69) is 4.99 Å². The molecule has 0 atom stereocenters. The van der Waals surface area contributed by atoms with E-state index in [-0.39, 0.29) is 39.6 Å². The van der Waals surface area contributed by atoms with E-state index < -0.39 is 30.3 Å². The van der Waals surface area contributed by atoms with Gasteiger partial charge in [0.1, 0.15) is 23.7 Å². The van der Waals surface area contributed by atoms with Gasteiger partial charge in [0.25, 0.3) is 5.91 Å². The Balaban J connectivity index is 1.47. The molecule has 4 heterocycles. The van der Waals surface area contributed by atoms with Crippen molar-refractivity contribution in [2.45, 2.75) is 17.7 Å². The van der Waals surface area contributed by atoms with Crippen LogP contribution in [0.25, 0.3) is 0 Å². The molecule has 3 aliphatic heterocycles. The summed E-state index contributed by atoms with van der Waals surface area (Å²) in [5.41, 5.74) is 1.21. The smallest absolute Gasteiger partial charge is 0.323 e. The number of carbonyl (C=O) groups is 3. The number of aliphatic carboxylic acids is 2. The summed E-state index contributed by atoms with van der Waals surface area (Å²) >= 11 is 7.08. The topological polar surface area (TPSA) is 174 Å². The fraction of sp³-hybridized carbons (Fsp3) is 0.261. The van der Waals surface area contributed by atoms with Crippen LogP contribution < -0.4 is 14.4 Å². The number of amidine groups is 1. The number of carbonyl (C=O) groups excluding carboxylic acids is 1. The van der Waals surface area contributed by atoms with Crippen molar-refractivity contribution in [1.29, 1.82) is 0 Å². The SMILES string of the molecule is O=C(O)CN1C(=O)/C(=C\C(=C2\Sc3cc4c(cc3N2CC(=O)O)OCO4)C2CC2)N=C1c1sc(=S)n(O)c1O. The van der Waals surface area contributed by atoms with E-state index in [4.69, 9.17) is 21.7 Å². The summed E-state index contributed by atoms with van der Waals surface area (Å²) in [5, 5.41) is 39.9. The Hall–Kier alpha value is -4.02. The zero-order chi connectivity index (χ0) is 27.6. The third-order valence-corrected chi connectivity index (χ3v) is 8.79. The summed E-state index contributed by atoms with van der Waals surface area (Å²) in [4.78, 5) is 44.3. The number of hydrogen-bond acceptors (Lipinski definition) is 12. The average molecular weight is 591 g/mol. The first-order valence-electron chi connectivity index (χ1n) is 11.5. The maximum atomic E-state index is 13.4. The van der Waals surface area contributed by atoms with Crippen molar-refractivity contribution in [2.24, 2.45) is 10.9 Å². The van der Waals surface area contributed by atoms with Crippen LogP contribution in [-0.2, 0) is 14.4 Å². The molecule has 202 valence electrons. The number of thiazole rings is 1. The van der Waals surface area contributed by atoms with Gasteiger partial charge in [0.05, 0.1) is 10.7 Å². The summed E-state index contributed by atoms with van der Waals surface area (Å²) in [6, 6.07) is 3.50. The first-order chi connectivity index (χ1) is 18.6. The number of aliphatic imine (C=N–C) groups is 1. The minimum absolute atomic E-state index is 0.0268. The third-order valence-electron chi connectivity index (χ3n) is 6.26. The van der Waals surface area contributed by atoms with Crippen molar-refractivity contribution in [3.63, 3.8) is 0 Å². The van der Waals surface area contributed by atoms with Gasteiger partial charge in [-0.2, -0.15) is 0 Å². The third kappa shape index (κ3) is 4.39. The van der Waals surface area contributed by atoms with E-state index in [1.807, 2.05) is 0 Å². The molecule has 0 saturated heterocycles. The van der Waals surface area contributed by atoms with Gasteiger partial charge < -0.3 is 34.9 Å². The maximum Gasteiger partial charge on any atom is 0.323 e. The highest BCUT2D eigenvalue weighted by Gasteiger charge is 2.40. The first kappa shape index (κ1) is 25.3. The Morgan fingerprint density at radius 1 is 1.13 bits per heavy atom. The van der Waals surface area contributed by atoms with Crippen LogP contribution in [0.5, 0.6) is 17.4 Å². The largest absolute Gasteiger partial charge is 0.491 e. The van der Waals surface area contributed by atoms with Crippen molar-refractivity contribution in [2.75, 3.05) is 24.8 Å². The molecule has 1 aromatic carbocycles. The quantitative estimate of drug-likeness (QED) is 0.211. The Morgan fingerprint density at radius 2 is 1.79 bits per heavy atom. The monoisotopic (exact) mass is 590 g/mol. The van der Waals surface area contributed by atoms with Gasteiger partial charge in [-0.25, -0.2) is 4.99 Å². The molecule has 0 radical (unpaired) electrons. The van der Waals surface area contributed by atoms with Crippen molar-refractivity contribution in [3.8, 4) is 17.4 Å². The summed E-state index contributed by atoms with van der Waals surface area (Å²) in [6.45, 7) is -1.01. The van der Waals surface area contributed by atoms with Gasteiger partial charge in [0.2, 0.25) is 16.6 Å². The van der Waals surface area contributed by atoms with E-state index in [9.17, 15) is 34.9 Å². The molecule has 2 aromatic rings.